The Bertz CT molecular complexity index is 1170. The third-order valence-corrected chi connectivity index (χ3v) is 6.62. The average molecular weight is 468 g/mol. The molecule has 1 unspecified atom stereocenters. The Morgan fingerprint density at radius 3 is 2.58 bits per heavy atom. The van der Waals surface area contributed by atoms with Crippen LogP contribution in [-0.2, 0) is 16.1 Å². The maximum absolute atomic E-state index is 13.1. The number of rotatable bonds is 5. The Morgan fingerprint density at radius 2 is 1.85 bits per heavy atom. The van der Waals surface area contributed by atoms with Gasteiger partial charge < -0.3 is 18.9 Å². The van der Waals surface area contributed by atoms with Crippen LogP contribution in [0.4, 0.5) is 5.69 Å². The van der Waals surface area contributed by atoms with Crippen LogP contribution >= 0.6 is 11.6 Å². The van der Waals surface area contributed by atoms with Crippen molar-refractivity contribution in [3.8, 4) is 5.75 Å². The first-order valence-electron chi connectivity index (χ1n) is 11.1. The maximum Gasteiger partial charge on any atom is 0.228 e. The van der Waals surface area contributed by atoms with Crippen LogP contribution in [0.3, 0.4) is 0 Å². The van der Waals surface area contributed by atoms with E-state index < -0.39 is 0 Å². The molecule has 8 nitrogen and oxygen atoms in total. The Balaban J connectivity index is 1.16. The molecule has 0 spiro atoms. The lowest BCUT2D eigenvalue weighted by Crippen LogP contribution is -2.50. The minimum absolute atomic E-state index is 0.0101. The number of amides is 2. The molecule has 0 radical (unpaired) electrons. The molecule has 3 aromatic rings. The van der Waals surface area contributed by atoms with Crippen LogP contribution in [0.5, 0.6) is 5.75 Å². The van der Waals surface area contributed by atoms with E-state index in [9.17, 15) is 9.59 Å². The SMILES string of the molecule is COc1ccc(N2CC(C(=O)N3CCN(Cc4cn5cc(Cl)ccc5n4)CC3)CC2=O)cc1. The van der Waals surface area contributed by atoms with E-state index in [-0.39, 0.29) is 24.2 Å². The van der Waals surface area contributed by atoms with Gasteiger partial charge in [-0.2, -0.15) is 0 Å². The van der Waals surface area contributed by atoms with Crippen LogP contribution in [0.25, 0.3) is 5.65 Å². The van der Waals surface area contributed by atoms with Gasteiger partial charge in [-0.15, -0.1) is 0 Å². The molecule has 172 valence electrons. The van der Waals surface area contributed by atoms with Gasteiger partial charge in [0.05, 0.1) is 23.7 Å². The van der Waals surface area contributed by atoms with Crippen LogP contribution in [0.15, 0.2) is 48.8 Å². The lowest BCUT2D eigenvalue weighted by molar-refractivity contribution is -0.137. The fraction of sp³-hybridized carbons (Fsp3) is 0.375. The number of piperazine rings is 1. The smallest absolute Gasteiger partial charge is 0.228 e. The number of fused-ring (bicyclic) bond motifs is 1. The molecule has 2 saturated heterocycles. The zero-order valence-corrected chi connectivity index (χ0v) is 19.2. The van der Waals surface area contributed by atoms with Crippen molar-refractivity contribution in [3.05, 3.63) is 59.5 Å². The van der Waals surface area contributed by atoms with Crippen molar-refractivity contribution >= 4 is 34.7 Å². The molecule has 2 aromatic heterocycles. The molecule has 2 amide bonds. The molecule has 2 aliphatic heterocycles. The summed E-state index contributed by atoms with van der Waals surface area (Å²) in [6, 6.07) is 11.1. The topological polar surface area (TPSA) is 70.4 Å². The van der Waals surface area contributed by atoms with E-state index in [1.807, 2.05) is 58.1 Å². The summed E-state index contributed by atoms with van der Waals surface area (Å²) in [4.78, 5) is 36.2. The molecule has 2 fully saturated rings. The van der Waals surface area contributed by atoms with Crippen molar-refractivity contribution in [1.82, 2.24) is 19.2 Å². The van der Waals surface area contributed by atoms with E-state index in [0.717, 1.165) is 42.4 Å². The molecule has 0 saturated carbocycles. The molecule has 4 heterocycles. The highest BCUT2D eigenvalue weighted by Crippen LogP contribution is 2.28. The number of halogens is 1. The molecule has 9 heteroatoms. The number of carbonyl (C=O) groups is 2. The predicted molar refractivity (Wildman–Crippen MR) is 126 cm³/mol. The number of nitrogens with zero attached hydrogens (tertiary/aromatic N) is 5. The first kappa shape index (κ1) is 21.7. The van der Waals surface area contributed by atoms with Crippen molar-refractivity contribution in [2.75, 3.05) is 44.7 Å². The van der Waals surface area contributed by atoms with E-state index in [2.05, 4.69) is 9.88 Å². The number of anilines is 1. The molecule has 1 atom stereocenters. The fourth-order valence-electron chi connectivity index (χ4n) is 4.59. The van der Waals surface area contributed by atoms with Crippen molar-refractivity contribution in [2.24, 2.45) is 5.92 Å². The largest absolute Gasteiger partial charge is 0.497 e. The van der Waals surface area contributed by atoms with Crippen LogP contribution in [0.2, 0.25) is 5.02 Å². The minimum Gasteiger partial charge on any atom is -0.497 e. The highest BCUT2D eigenvalue weighted by molar-refractivity contribution is 6.30. The summed E-state index contributed by atoms with van der Waals surface area (Å²) in [5.41, 5.74) is 2.65. The molecule has 33 heavy (non-hydrogen) atoms. The minimum atomic E-state index is -0.297. The van der Waals surface area contributed by atoms with Gasteiger partial charge in [-0.3, -0.25) is 14.5 Å². The quantitative estimate of drug-likeness (QED) is 0.577. The molecule has 0 bridgehead atoms. The Morgan fingerprint density at radius 1 is 1.09 bits per heavy atom. The van der Waals surface area contributed by atoms with Crippen molar-refractivity contribution < 1.29 is 14.3 Å². The number of aromatic nitrogens is 2. The summed E-state index contributed by atoms with van der Waals surface area (Å²) in [5.74, 6) is 0.503. The van der Waals surface area contributed by atoms with E-state index >= 15 is 0 Å². The van der Waals surface area contributed by atoms with Gasteiger partial charge in [0.25, 0.3) is 0 Å². The molecule has 0 aliphatic carbocycles. The standard InChI is InChI=1S/C24H26ClN5O3/c1-33-21-5-3-20(4-6-21)30-13-17(12-23(30)31)24(32)28-10-8-27(9-11-28)15-19-16-29-14-18(25)2-7-22(29)26-19/h2-7,14,16-17H,8-13,15H2,1H3. The van der Waals surface area contributed by atoms with E-state index in [1.54, 1.807) is 12.0 Å². The van der Waals surface area contributed by atoms with Gasteiger partial charge in [-0.25, -0.2) is 4.98 Å². The molecular weight excluding hydrogens is 442 g/mol. The molecule has 2 aliphatic rings. The summed E-state index contributed by atoms with van der Waals surface area (Å²) < 4.78 is 7.12. The summed E-state index contributed by atoms with van der Waals surface area (Å²) in [6.45, 7) is 4.03. The fourth-order valence-corrected chi connectivity index (χ4v) is 4.76. The predicted octanol–water partition coefficient (Wildman–Crippen LogP) is 2.69. The Labute approximate surface area is 197 Å². The highest BCUT2D eigenvalue weighted by Gasteiger charge is 2.38. The van der Waals surface area contributed by atoms with Crippen molar-refractivity contribution in [1.29, 1.82) is 0 Å². The van der Waals surface area contributed by atoms with Crippen molar-refractivity contribution in [3.63, 3.8) is 0 Å². The number of ether oxygens (including phenoxy) is 1. The van der Waals surface area contributed by atoms with E-state index in [4.69, 9.17) is 16.3 Å². The van der Waals surface area contributed by atoms with Gasteiger partial charge in [-0.1, -0.05) is 11.6 Å². The third kappa shape index (κ3) is 4.54. The Hall–Kier alpha value is -3.10. The zero-order valence-electron chi connectivity index (χ0n) is 18.5. The second-order valence-corrected chi connectivity index (χ2v) is 8.99. The number of methoxy groups -OCH3 is 1. The van der Waals surface area contributed by atoms with E-state index in [1.165, 1.54) is 0 Å². The van der Waals surface area contributed by atoms with Crippen LogP contribution < -0.4 is 9.64 Å². The summed E-state index contributed by atoms with van der Waals surface area (Å²) in [6.07, 6.45) is 4.10. The number of pyridine rings is 1. The summed E-state index contributed by atoms with van der Waals surface area (Å²) in [5, 5.41) is 0.675. The highest BCUT2D eigenvalue weighted by atomic mass is 35.5. The molecular formula is C24H26ClN5O3. The second kappa shape index (κ2) is 9.03. The Kier molecular flexibility index (Phi) is 5.95. The van der Waals surface area contributed by atoms with Crippen LogP contribution in [-0.4, -0.2) is 70.8 Å². The first-order valence-corrected chi connectivity index (χ1v) is 11.5. The second-order valence-electron chi connectivity index (χ2n) is 8.55. The normalized spacial score (nSPS) is 19.5. The monoisotopic (exact) mass is 467 g/mol. The van der Waals surface area contributed by atoms with Gasteiger partial charge >= 0.3 is 0 Å². The number of benzene rings is 1. The number of hydrogen-bond donors (Lipinski definition) is 0. The van der Waals surface area contributed by atoms with Crippen molar-refractivity contribution in [2.45, 2.75) is 13.0 Å². The first-order chi connectivity index (χ1) is 16.0. The van der Waals surface area contributed by atoms with Gasteiger partial charge in [-0.05, 0) is 36.4 Å². The van der Waals surface area contributed by atoms with Gasteiger partial charge in [0.2, 0.25) is 11.8 Å². The van der Waals surface area contributed by atoms with Crippen LogP contribution in [0.1, 0.15) is 12.1 Å². The van der Waals surface area contributed by atoms with E-state index in [0.29, 0.717) is 24.7 Å². The maximum atomic E-state index is 13.1. The lowest BCUT2D eigenvalue weighted by Gasteiger charge is -2.35. The van der Waals surface area contributed by atoms with Gasteiger partial charge in [0.1, 0.15) is 11.4 Å². The molecule has 1 aromatic carbocycles. The number of imidazole rings is 1. The van der Waals surface area contributed by atoms with Crippen LogP contribution in [0, 0.1) is 5.92 Å². The lowest BCUT2D eigenvalue weighted by atomic mass is 10.1. The summed E-state index contributed by atoms with van der Waals surface area (Å²) in [7, 11) is 1.61. The number of carbonyl (C=O) groups excluding carboxylic acids is 2. The zero-order chi connectivity index (χ0) is 22.9. The molecule has 0 N–H and O–H groups in total. The van der Waals surface area contributed by atoms with Gasteiger partial charge in [0, 0.05) is 63.8 Å². The van der Waals surface area contributed by atoms with Gasteiger partial charge in [0.15, 0.2) is 0 Å². The summed E-state index contributed by atoms with van der Waals surface area (Å²) >= 11 is 6.06. The number of hydrogen-bond acceptors (Lipinski definition) is 5. The average Bonchev–Trinajstić information content (AvgIpc) is 3.41. The molecule has 5 rings (SSSR count). The third-order valence-electron chi connectivity index (χ3n) is 6.39.